The zero-order chi connectivity index (χ0) is 20.6. The fourth-order valence-electron chi connectivity index (χ4n) is 3.40. The molecule has 7 nitrogen and oxygen atoms in total. The van der Waals surface area contributed by atoms with Crippen LogP contribution in [0.25, 0.3) is 0 Å². The topological polar surface area (TPSA) is 80.2 Å². The second kappa shape index (κ2) is 10.8. The van der Waals surface area contributed by atoms with Gasteiger partial charge in [0.25, 0.3) is 0 Å². The van der Waals surface area contributed by atoms with Crippen LogP contribution >= 0.6 is 11.3 Å². The number of carbonyl (C=O) groups is 1. The summed E-state index contributed by atoms with van der Waals surface area (Å²) in [4.78, 5) is 21.7. The lowest BCUT2D eigenvalue weighted by molar-refractivity contribution is -0.133. The summed E-state index contributed by atoms with van der Waals surface area (Å²) in [6, 6.07) is 3.90. The number of rotatable bonds is 9. The molecule has 1 aliphatic rings. The van der Waals surface area contributed by atoms with Crippen LogP contribution in [0.4, 0.5) is 0 Å². The standard InChI is InChI=1S/C20H35N5O2S/c1-5-21-19(23-15-20(2,27)17-10-7-14-28-17)22-11-8-13-25-12-6-9-16(25)18(26)24(3)4/h7,10,14,16,27H,5-6,8-9,11-13,15H2,1-4H3,(H2,21,22,23). The smallest absolute Gasteiger partial charge is 0.239 e. The van der Waals surface area contributed by atoms with E-state index in [-0.39, 0.29) is 11.9 Å². The highest BCUT2D eigenvalue weighted by molar-refractivity contribution is 7.10. The summed E-state index contributed by atoms with van der Waals surface area (Å²) in [5.74, 6) is 0.915. The Kier molecular flexibility index (Phi) is 8.72. The number of thiophene rings is 1. The van der Waals surface area contributed by atoms with Gasteiger partial charge in [0.05, 0.1) is 12.6 Å². The quantitative estimate of drug-likeness (QED) is 0.327. The van der Waals surface area contributed by atoms with Crippen molar-refractivity contribution in [2.45, 2.75) is 44.8 Å². The van der Waals surface area contributed by atoms with Gasteiger partial charge in [-0.2, -0.15) is 0 Å². The molecule has 3 N–H and O–H groups in total. The summed E-state index contributed by atoms with van der Waals surface area (Å²) in [6.07, 6.45) is 2.97. The summed E-state index contributed by atoms with van der Waals surface area (Å²) in [5, 5.41) is 19.2. The average molecular weight is 410 g/mol. The van der Waals surface area contributed by atoms with E-state index in [4.69, 9.17) is 0 Å². The van der Waals surface area contributed by atoms with Crippen LogP contribution in [-0.2, 0) is 10.4 Å². The summed E-state index contributed by atoms with van der Waals surface area (Å²) in [6.45, 7) is 7.53. The second-order valence-corrected chi connectivity index (χ2v) is 8.60. The molecule has 158 valence electrons. The molecule has 0 aliphatic carbocycles. The molecule has 1 fully saturated rings. The van der Waals surface area contributed by atoms with E-state index in [1.165, 1.54) is 11.3 Å². The van der Waals surface area contributed by atoms with Crippen LogP contribution in [0, 0.1) is 0 Å². The predicted octanol–water partition coefficient (Wildman–Crippen LogP) is 1.45. The summed E-state index contributed by atoms with van der Waals surface area (Å²) < 4.78 is 0. The third-order valence-electron chi connectivity index (χ3n) is 4.95. The third kappa shape index (κ3) is 6.46. The molecule has 2 unspecified atom stereocenters. The van der Waals surface area contributed by atoms with E-state index in [1.807, 2.05) is 38.5 Å². The zero-order valence-electron chi connectivity index (χ0n) is 17.6. The first-order valence-electron chi connectivity index (χ1n) is 10.1. The maximum Gasteiger partial charge on any atom is 0.239 e. The van der Waals surface area contributed by atoms with Gasteiger partial charge in [-0.15, -0.1) is 11.3 Å². The first-order valence-corrected chi connectivity index (χ1v) is 11.0. The molecule has 8 heteroatoms. The van der Waals surface area contributed by atoms with Crippen molar-refractivity contribution in [2.24, 2.45) is 4.99 Å². The van der Waals surface area contributed by atoms with E-state index in [2.05, 4.69) is 20.5 Å². The van der Waals surface area contributed by atoms with Gasteiger partial charge in [0.1, 0.15) is 5.60 Å². The van der Waals surface area contributed by atoms with Gasteiger partial charge in [-0.1, -0.05) is 6.07 Å². The highest BCUT2D eigenvalue weighted by Crippen LogP contribution is 2.25. The zero-order valence-corrected chi connectivity index (χ0v) is 18.4. The highest BCUT2D eigenvalue weighted by atomic mass is 32.1. The minimum Gasteiger partial charge on any atom is -0.383 e. The second-order valence-electron chi connectivity index (χ2n) is 7.65. The number of hydrogen-bond donors (Lipinski definition) is 3. The maximum absolute atomic E-state index is 12.3. The Morgan fingerprint density at radius 3 is 2.89 bits per heavy atom. The molecule has 1 aliphatic heterocycles. The van der Waals surface area contributed by atoms with E-state index in [9.17, 15) is 9.90 Å². The number of aliphatic imine (C=N–C) groups is 1. The lowest BCUT2D eigenvalue weighted by atomic mass is 10.1. The van der Waals surface area contributed by atoms with Crippen LogP contribution in [0.15, 0.2) is 22.5 Å². The van der Waals surface area contributed by atoms with E-state index in [1.54, 1.807) is 11.8 Å². The number of aliphatic hydroxyl groups is 1. The molecule has 0 radical (unpaired) electrons. The number of amides is 1. The van der Waals surface area contributed by atoms with E-state index < -0.39 is 5.60 Å². The Bertz CT molecular complexity index is 631. The fourth-order valence-corrected chi connectivity index (χ4v) is 4.18. The minimum absolute atomic E-state index is 0.0257. The molecule has 2 rings (SSSR count). The van der Waals surface area contributed by atoms with Crippen LogP contribution in [-0.4, -0.2) is 79.6 Å². The van der Waals surface area contributed by atoms with Crippen molar-refractivity contribution in [2.75, 3.05) is 46.8 Å². The molecule has 0 aromatic carbocycles. The van der Waals surface area contributed by atoms with Crippen molar-refractivity contribution in [3.8, 4) is 0 Å². The Hall–Kier alpha value is -1.64. The number of likely N-dealkylation sites (N-methyl/N-ethyl adjacent to an activating group) is 1. The maximum atomic E-state index is 12.3. The van der Waals surface area contributed by atoms with Gasteiger partial charge in [-0.3, -0.25) is 9.69 Å². The van der Waals surface area contributed by atoms with Gasteiger partial charge in [0, 0.05) is 38.6 Å². The van der Waals surface area contributed by atoms with E-state index in [0.717, 1.165) is 50.3 Å². The Balaban J connectivity index is 1.80. The van der Waals surface area contributed by atoms with E-state index >= 15 is 0 Å². The van der Waals surface area contributed by atoms with Gasteiger partial charge in [0.2, 0.25) is 5.91 Å². The molecule has 1 saturated heterocycles. The normalized spacial score (nSPS) is 20.0. The monoisotopic (exact) mass is 409 g/mol. The molecule has 1 aromatic rings. The molecular formula is C20H35N5O2S. The molecule has 28 heavy (non-hydrogen) atoms. The summed E-state index contributed by atoms with van der Waals surface area (Å²) >= 11 is 1.54. The molecule has 2 atom stereocenters. The van der Waals surface area contributed by atoms with Gasteiger partial charge < -0.3 is 20.6 Å². The largest absolute Gasteiger partial charge is 0.383 e. The Labute approximate surface area is 172 Å². The molecule has 0 bridgehead atoms. The van der Waals surface area contributed by atoms with E-state index in [0.29, 0.717) is 12.5 Å². The van der Waals surface area contributed by atoms with Crippen LogP contribution in [0.1, 0.15) is 38.0 Å². The first kappa shape index (κ1) is 22.6. The molecular weight excluding hydrogens is 374 g/mol. The molecule has 1 amide bonds. The van der Waals surface area contributed by atoms with Gasteiger partial charge in [0.15, 0.2) is 5.96 Å². The number of hydrogen-bond acceptors (Lipinski definition) is 5. The van der Waals surface area contributed by atoms with Crippen LogP contribution < -0.4 is 10.6 Å². The summed E-state index contributed by atoms with van der Waals surface area (Å²) in [5.41, 5.74) is -0.966. The van der Waals surface area contributed by atoms with Crippen molar-refractivity contribution >= 4 is 23.2 Å². The van der Waals surface area contributed by atoms with Gasteiger partial charge in [-0.05, 0) is 51.1 Å². The molecule has 0 spiro atoms. The number of nitrogens with zero attached hydrogens (tertiary/aromatic N) is 3. The SMILES string of the molecule is CCNC(=NCC(C)(O)c1cccs1)NCCCN1CCCC1C(=O)N(C)C. The third-order valence-corrected chi connectivity index (χ3v) is 6.07. The van der Waals surface area contributed by atoms with Crippen molar-refractivity contribution in [1.82, 2.24) is 20.4 Å². The Morgan fingerprint density at radius 1 is 1.46 bits per heavy atom. The van der Waals surface area contributed by atoms with Gasteiger partial charge in [-0.25, -0.2) is 4.99 Å². The highest BCUT2D eigenvalue weighted by Gasteiger charge is 2.31. The number of likely N-dealkylation sites (tertiary alicyclic amines) is 1. The van der Waals surface area contributed by atoms with Crippen molar-refractivity contribution in [3.05, 3.63) is 22.4 Å². The molecule has 1 aromatic heterocycles. The van der Waals surface area contributed by atoms with Crippen molar-refractivity contribution in [3.63, 3.8) is 0 Å². The first-order chi connectivity index (χ1) is 13.3. The lowest BCUT2D eigenvalue weighted by Gasteiger charge is -2.26. The average Bonchev–Trinajstić information content (AvgIpc) is 3.34. The number of carbonyl (C=O) groups excluding carboxylic acids is 1. The fraction of sp³-hybridized carbons (Fsp3) is 0.700. The summed E-state index contributed by atoms with van der Waals surface area (Å²) in [7, 11) is 3.65. The van der Waals surface area contributed by atoms with Gasteiger partial charge >= 0.3 is 0 Å². The molecule has 0 saturated carbocycles. The predicted molar refractivity (Wildman–Crippen MR) is 116 cm³/mol. The number of nitrogens with one attached hydrogen (secondary N) is 2. The van der Waals surface area contributed by atoms with Crippen molar-refractivity contribution in [1.29, 1.82) is 0 Å². The van der Waals surface area contributed by atoms with Crippen LogP contribution in [0.2, 0.25) is 0 Å². The Morgan fingerprint density at radius 2 is 2.25 bits per heavy atom. The van der Waals surface area contributed by atoms with Crippen molar-refractivity contribution < 1.29 is 9.90 Å². The molecule has 2 heterocycles. The minimum atomic E-state index is -0.966. The van der Waals surface area contributed by atoms with Crippen LogP contribution in [0.3, 0.4) is 0 Å². The number of guanidine groups is 1. The lowest BCUT2D eigenvalue weighted by Crippen LogP contribution is -2.44. The van der Waals surface area contributed by atoms with Crippen LogP contribution in [0.5, 0.6) is 0 Å².